The number of carbonyl (C=O) groups excluding carboxylic acids is 4. The first-order valence-corrected chi connectivity index (χ1v) is 15.2. The number of ether oxygens (including phenoxy) is 2. The van der Waals surface area contributed by atoms with Crippen LogP contribution in [0.15, 0.2) is 78.4 Å². The Morgan fingerprint density at radius 2 is 1.56 bits per heavy atom. The molecule has 2 aliphatic heterocycles. The van der Waals surface area contributed by atoms with Gasteiger partial charge in [-0.2, -0.15) is 0 Å². The van der Waals surface area contributed by atoms with Crippen LogP contribution in [0.25, 0.3) is 0 Å². The Hall–Kier alpha value is -4.63. The Kier molecular flexibility index (Phi) is 6.78. The van der Waals surface area contributed by atoms with Gasteiger partial charge in [-0.15, -0.1) is 0 Å². The van der Waals surface area contributed by atoms with Gasteiger partial charge in [0.05, 0.1) is 43.1 Å². The summed E-state index contributed by atoms with van der Waals surface area (Å²) in [5.41, 5.74) is 0.922. The Morgan fingerprint density at radius 3 is 2.20 bits per heavy atom. The smallest absolute Gasteiger partial charge is 0.246 e. The van der Waals surface area contributed by atoms with Crippen LogP contribution in [0.3, 0.4) is 0 Å². The lowest BCUT2D eigenvalue weighted by molar-refractivity contribution is -0.138. The SMILES string of the molecule is COc1cc(C2C3=CCC4C(=O)N(C)C(=O)C4C3CC3C(=O)N(c4cccc(Cl)c4)C(=O)C32c2ccccc2)cc(OC)c1O. The maximum atomic E-state index is 15.2. The Bertz CT molecular complexity index is 1780. The summed E-state index contributed by atoms with van der Waals surface area (Å²) in [7, 11) is 4.34. The van der Waals surface area contributed by atoms with Gasteiger partial charge in [0.2, 0.25) is 29.4 Å². The van der Waals surface area contributed by atoms with Crippen LogP contribution in [0.4, 0.5) is 5.69 Å². The van der Waals surface area contributed by atoms with E-state index in [2.05, 4.69) is 0 Å². The molecule has 0 aromatic heterocycles. The number of methoxy groups -OCH3 is 2. The number of allylic oxidation sites excluding steroid dienone is 2. The number of aromatic hydroxyl groups is 1. The highest BCUT2D eigenvalue weighted by molar-refractivity contribution is 6.32. The fraction of sp³-hybridized carbons (Fsp3) is 0.314. The highest BCUT2D eigenvalue weighted by Gasteiger charge is 2.70. The molecule has 9 nitrogen and oxygen atoms in total. The molecular formula is C35H31ClN2O7. The number of nitrogens with zero attached hydrogens (tertiary/aromatic N) is 2. The molecule has 3 aromatic carbocycles. The summed E-state index contributed by atoms with van der Waals surface area (Å²) < 4.78 is 11.1. The lowest BCUT2D eigenvalue weighted by Gasteiger charge is -2.50. The van der Waals surface area contributed by atoms with Gasteiger partial charge in [-0.3, -0.25) is 24.1 Å². The number of rotatable bonds is 5. The zero-order valence-corrected chi connectivity index (χ0v) is 25.7. The van der Waals surface area contributed by atoms with Gasteiger partial charge >= 0.3 is 0 Å². The van der Waals surface area contributed by atoms with Crippen LogP contribution in [-0.4, -0.2) is 54.9 Å². The molecule has 3 fully saturated rings. The van der Waals surface area contributed by atoms with Crippen molar-refractivity contribution < 1.29 is 33.8 Å². The first kappa shape index (κ1) is 29.1. The summed E-state index contributed by atoms with van der Waals surface area (Å²) in [5.74, 6) is -4.63. The number of anilines is 1. The zero-order valence-electron chi connectivity index (χ0n) is 24.9. The Balaban J connectivity index is 1.55. The Morgan fingerprint density at radius 1 is 0.867 bits per heavy atom. The molecule has 6 unspecified atom stereocenters. The third-order valence-corrected chi connectivity index (χ3v) is 10.5. The number of hydrogen-bond acceptors (Lipinski definition) is 7. The number of fused-ring (bicyclic) bond motifs is 4. The molecule has 0 spiro atoms. The maximum absolute atomic E-state index is 15.2. The lowest BCUT2D eigenvalue weighted by atomic mass is 9.49. The van der Waals surface area contributed by atoms with Gasteiger partial charge in [-0.25, -0.2) is 4.90 Å². The second-order valence-electron chi connectivity index (χ2n) is 12.1. The van der Waals surface area contributed by atoms with Crippen LogP contribution in [0, 0.1) is 23.7 Å². The minimum Gasteiger partial charge on any atom is -0.502 e. The van der Waals surface area contributed by atoms with Gasteiger partial charge in [0, 0.05) is 18.0 Å². The number of hydrogen-bond donors (Lipinski definition) is 1. The lowest BCUT2D eigenvalue weighted by Crippen LogP contribution is -2.53. The first-order valence-electron chi connectivity index (χ1n) is 14.8. The van der Waals surface area contributed by atoms with Crippen molar-refractivity contribution in [3.63, 3.8) is 0 Å². The predicted octanol–water partition coefficient (Wildman–Crippen LogP) is 4.86. The summed E-state index contributed by atoms with van der Waals surface area (Å²) in [5, 5.41) is 11.2. The van der Waals surface area contributed by atoms with Crippen molar-refractivity contribution in [2.24, 2.45) is 23.7 Å². The number of imide groups is 2. The number of phenols is 1. The number of amides is 4. The molecule has 7 rings (SSSR count). The zero-order chi connectivity index (χ0) is 31.8. The minimum absolute atomic E-state index is 0.135. The molecule has 10 heteroatoms. The molecule has 2 heterocycles. The molecule has 2 aliphatic carbocycles. The second kappa shape index (κ2) is 10.5. The number of likely N-dealkylation sites (tertiary alicyclic amines) is 1. The van der Waals surface area contributed by atoms with Gasteiger partial charge in [-0.1, -0.05) is 59.6 Å². The predicted molar refractivity (Wildman–Crippen MR) is 165 cm³/mol. The van der Waals surface area contributed by atoms with Crippen LogP contribution >= 0.6 is 11.6 Å². The van der Waals surface area contributed by atoms with Crippen LogP contribution < -0.4 is 14.4 Å². The van der Waals surface area contributed by atoms with Crippen molar-refractivity contribution in [1.29, 1.82) is 0 Å². The van der Waals surface area contributed by atoms with Gasteiger partial charge in [0.15, 0.2) is 11.5 Å². The highest BCUT2D eigenvalue weighted by atomic mass is 35.5. The van der Waals surface area contributed by atoms with E-state index in [0.717, 1.165) is 5.57 Å². The van der Waals surface area contributed by atoms with Crippen molar-refractivity contribution in [2.75, 3.05) is 26.2 Å². The fourth-order valence-corrected chi connectivity index (χ4v) is 8.54. The fourth-order valence-electron chi connectivity index (χ4n) is 8.36. The monoisotopic (exact) mass is 626 g/mol. The van der Waals surface area contributed by atoms with Crippen LogP contribution in [0.2, 0.25) is 5.02 Å². The van der Waals surface area contributed by atoms with Crippen molar-refractivity contribution in [3.05, 3.63) is 94.5 Å². The van der Waals surface area contributed by atoms with E-state index < -0.39 is 46.8 Å². The normalized spacial score (nSPS) is 28.9. The van der Waals surface area contributed by atoms with Gasteiger partial charge < -0.3 is 14.6 Å². The van der Waals surface area contributed by atoms with Crippen LogP contribution in [0.1, 0.15) is 29.9 Å². The standard InChI is InChI=1S/C35H31ClN2O7/c1-37-31(40)23-13-12-22-24(28(23)33(37)42)17-25-32(41)38(21-11-7-10-20(36)16-21)34(43)35(25,19-8-5-4-6-9-19)29(22)18-14-26(44-2)30(39)27(15-18)45-3/h4-12,14-16,23-25,28-29,39H,13,17H2,1-3H3. The molecule has 6 atom stereocenters. The molecule has 0 radical (unpaired) electrons. The van der Waals surface area contributed by atoms with E-state index in [1.165, 1.54) is 31.1 Å². The quantitative estimate of drug-likeness (QED) is 0.318. The van der Waals surface area contributed by atoms with Crippen molar-refractivity contribution >= 4 is 40.9 Å². The van der Waals surface area contributed by atoms with E-state index in [9.17, 15) is 19.5 Å². The van der Waals surface area contributed by atoms with E-state index >= 15 is 4.79 Å². The van der Waals surface area contributed by atoms with Gasteiger partial charge in [-0.05, 0) is 60.2 Å². The molecule has 3 aromatic rings. The molecule has 1 N–H and O–H groups in total. The molecule has 1 saturated carbocycles. The van der Waals surface area contributed by atoms with E-state index in [4.69, 9.17) is 21.1 Å². The van der Waals surface area contributed by atoms with E-state index in [-0.39, 0.29) is 35.5 Å². The highest BCUT2D eigenvalue weighted by Crippen LogP contribution is 2.65. The topological polar surface area (TPSA) is 113 Å². The Labute approximate surface area is 265 Å². The molecule has 0 bridgehead atoms. The molecule has 4 aliphatic rings. The minimum atomic E-state index is -1.44. The summed E-state index contributed by atoms with van der Waals surface area (Å²) in [6.07, 6.45) is 2.50. The third kappa shape index (κ3) is 3.92. The van der Waals surface area contributed by atoms with Crippen molar-refractivity contribution in [1.82, 2.24) is 4.90 Å². The molecule has 4 amide bonds. The van der Waals surface area contributed by atoms with E-state index in [0.29, 0.717) is 28.3 Å². The largest absolute Gasteiger partial charge is 0.502 e. The number of phenolic OH excluding ortho intramolecular Hbond substituents is 1. The van der Waals surface area contributed by atoms with E-state index in [1.54, 1.807) is 36.4 Å². The van der Waals surface area contributed by atoms with Crippen molar-refractivity contribution in [2.45, 2.75) is 24.2 Å². The van der Waals surface area contributed by atoms with Crippen LogP contribution in [0.5, 0.6) is 17.2 Å². The van der Waals surface area contributed by atoms with Gasteiger partial charge in [0.1, 0.15) is 0 Å². The van der Waals surface area contributed by atoms with Gasteiger partial charge in [0.25, 0.3) is 0 Å². The number of halogens is 1. The summed E-state index contributed by atoms with van der Waals surface area (Å²) in [6.45, 7) is 0. The van der Waals surface area contributed by atoms with Crippen LogP contribution in [-0.2, 0) is 24.6 Å². The maximum Gasteiger partial charge on any atom is 0.246 e. The molecule has 45 heavy (non-hydrogen) atoms. The summed E-state index contributed by atoms with van der Waals surface area (Å²) in [6, 6.07) is 19.2. The second-order valence-corrected chi connectivity index (χ2v) is 12.5. The summed E-state index contributed by atoms with van der Waals surface area (Å²) >= 11 is 6.35. The molecular weight excluding hydrogens is 596 g/mol. The summed E-state index contributed by atoms with van der Waals surface area (Å²) in [4.78, 5) is 59.1. The van der Waals surface area contributed by atoms with E-state index in [1.807, 2.05) is 36.4 Å². The first-order chi connectivity index (χ1) is 21.6. The molecule has 2 saturated heterocycles. The number of benzene rings is 3. The molecule has 230 valence electrons. The van der Waals surface area contributed by atoms with Crippen molar-refractivity contribution in [3.8, 4) is 17.2 Å². The number of carbonyl (C=O) groups is 4. The average molecular weight is 627 g/mol. The third-order valence-electron chi connectivity index (χ3n) is 10.2. The average Bonchev–Trinajstić information content (AvgIpc) is 3.41.